The molecule has 9 rings (SSSR count). The van der Waals surface area contributed by atoms with Gasteiger partial charge in [-0.3, -0.25) is 4.79 Å². The minimum Gasteiger partial charge on any atom is -0.481 e. The van der Waals surface area contributed by atoms with Crippen molar-refractivity contribution in [2.24, 2.45) is 35.5 Å². The van der Waals surface area contributed by atoms with Gasteiger partial charge in [0.1, 0.15) is 6.10 Å². The molecule has 8 heterocycles. The number of aliphatic hydroxyl groups is 1. The maximum absolute atomic E-state index is 12.0. The van der Waals surface area contributed by atoms with E-state index >= 15 is 0 Å². The Bertz CT molecular complexity index is 1650. The fourth-order valence-electron chi connectivity index (χ4n) is 13.5. The van der Waals surface area contributed by atoms with Crippen molar-refractivity contribution in [1.29, 1.82) is 0 Å². The number of allylic oxidation sites excluding steroid dienone is 1. The summed E-state index contributed by atoms with van der Waals surface area (Å²) in [6, 6.07) is 0. The molecule has 59 heavy (non-hydrogen) atoms. The van der Waals surface area contributed by atoms with Crippen molar-refractivity contribution in [2.75, 3.05) is 6.54 Å². The number of nitrogens with one attached hydrogen (secondary N) is 1. The second-order valence-electron chi connectivity index (χ2n) is 21.3. The van der Waals surface area contributed by atoms with Crippen LogP contribution in [0.5, 0.6) is 0 Å². The highest BCUT2D eigenvalue weighted by molar-refractivity contribution is 5.66. The molecule has 19 atom stereocenters. The second kappa shape index (κ2) is 16.2. The van der Waals surface area contributed by atoms with Gasteiger partial charge in [0.15, 0.2) is 17.4 Å². The number of aliphatic carboxylic acids is 1. The van der Waals surface area contributed by atoms with Crippen LogP contribution in [0.25, 0.3) is 0 Å². The Hall–Kier alpha value is -1.67. The molecule has 8 fully saturated rings. The standard InChI is InChI=1S/C48H73NO10/c1-27-17-34(10-8-9-11-42(50)51)55-46(21-27)14-15-48(59-46)33(7)19-38-39(58-48)20-40(53-38)43(52)36-13-12-30(4)44(54-36)31(5)23-47-22-28(2)18-37(56-47)35-24-45(25-41(35)57-47)32(6)16-29(3)26-49-45/h8,10,17,28-30,32-41,43-44,49,52H,5,9,11-16,18-26H2,1-4,6-7H3,(H,50,51)/b10-8+/t28-,29+,30-,32-,33+,34+,35-,36?,37+,38+,39+,40?,41+,43+,44-,45+,46+,47+,48+/m0/s1. The first-order valence-electron chi connectivity index (χ1n) is 23.5. The van der Waals surface area contributed by atoms with E-state index in [1.807, 2.05) is 12.2 Å². The zero-order valence-corrected chi connectivity index (χ0v) is 36.6. The average Bonchev–Trinajstić information content (AvgIpc) is 3.85. The number of carboxylic acids is 1. The highest BCUT2D eigenvalue weighted by Crippen LogP contribution is 2.57. The van der Waals surface area contributed by atoms with Crippen LogP contribution in [0, 0.1) is 35.5 Å². The average molecular weight is 824 g/mol. The smallest absolute Gasteiger partial charge is 0.303 e. The lowest BCUT2D eigenvalue weighted by atomic mass is 9.74. The number of carboxylic acid groups (broad SMARTS) is 1. The number of ether oxygens (including phenoxy) is 7. The van der Waals surface area contributed by atoms with Crippen molar-refractivity contribution in [3.05, 3.63) is 36.0 Å². The number of hydrogen-bond donors (Lipinski definition) is 3. The van der Waals surface area contributed by atoms with Crippen LogP contribution in [0.4, 0.5) is 0 Å². The third-order valence-electron chi connectivity index (χ3n) is 16.4. The molecule has 0 aromatic rings. The van der Waals surface area contributed by atoms with Gasteiger partial charge in [-0.25, -0.2) is 0 Å². The van der Waals surface area contributed by atoms with Crippen LogP contribution < -0.4 is 5.32 Å². The summed E-state index contributed by atoms with van der Waals surface area (Å²) in [5.74, 6) is -0.482. The monoisotopic (exact) mass is 824 g/mol. The molecule has 1 aliphatic carbocycles. The molecule has 1 saturated carbocycles. The highest BCUT2D eigenvalue weighted by atomic mass is 16.8. The minimum absolute atomic E-state index is 0.0691. The van der Waals surface area contributed by atoms with Gasteiger partial charge in [0.05, 0.1) is 48.8 Å². The quantitative estimate of drug-likeness (QED) is 0.197. The molecule has 330 valence electrons. The maximum Gasteiger partial charge on any atom is 0.303 e. The van der Waals surface area contributed by atoms with E-state index < -0.39 is 35.5 Å². The third kappa shape index (κ3) is 8.21. The van der Waals surface area contributed by atoms with E-state index in [1.54, 1.807) is 0 Å². The van der Waals surface area contributed by atoms with Gasteiger partial charge < -0.3 is 48.7 Å². The Morgan fingerprint density at radius 3 is 2.51 bits per heavy atom. The number of aliphatic hydroxyl groups excluding tert-OH is 1. The lowest BCUT2D eigenvalue weighted by molar-refractivity contribution is -0.366. The molecule has 0 aromatic heterocycles. The van der Waals surface area contributed by atoms with Crippen molar-refractivity contribution in [3.63, 3.8) is 0 Å². The minimum atomic E-state index is -0.810. The Morgan fingerprint density at radius 2 is 1.71 bits per heavy atom. The third-order valence-corrected chi connectivity index (χ3v) is 16.4. The topological polar surface area (TPSA) is 134 Å². The normalized spacial score (nSPS) is 51.2. The fraction of sp³-hybridized carbons (Fsp3) is 0.854. The van der Waals surface area contributed by atoms with Gasteiger partial charge >= 0.3 is 5.97 Å². The van der Waals surface area contributed by atoms with Crippen molar-refractivity contribution in [3.8, 4) is 0 Å². The summed E-state index contributed by atoms with van der Waals surface area (Å²) in [7, 11) is 0. The predicted molar refractivity (Wildman–Crippen MR) is 221 cm³/mol. The van der Waals surface area contributed by atoms with Gasteiger partial charge in [-0.2, -0.15) is 0 Å². The molecule has 3 N–H and O–H groups in total. The maximum atomic E-state index is 12.0. The van der Waals surface area contributed by atoms with Crippen molar-refractivity contribution >= 4 is 5.97 Å². The highest BCUT2D eigenvalue weighted by Gasteiger charge is 2.62. The molecule has 2 unspecified atom stereocenters. The van der Waals surface area contributed by atoms with Gasteiger partial charge in [0.25, 0.3) is 0 Å². The summed E-state index contributed by atoms with van der Waals surface area (Å²) in [6.45, 7) is 19.4. The first-order chi connectivity index (χ1) is 28.1. The molecule has 9 aliphatic rings. The molecule has 0 aromatic carbocycles. The molecule has 11 heteroatoms. The lowest BCUT2D eigenvalue weighted by Crippen LogP contribution is -2.57. The molecule has 7 saturated heterocycles. The summed E-state index contributed by atoms with van der Waals surface area (Å²) in [5.41, 5.74) is 2.33. The van der Waals surface area contributed by atoms with Gasteiger partial charge in [-0.1, -0.05) is 65.0 Å². The van der Waals surface area contributed by atoms with Crippen LogP contribution in [0.15, 0.2) is 36.0 Å². The Labute approximate surface area is 352 Å². The largest absolute Gasteiger partial charge is 0.481 e. The molecule has 8 aliphatic heterocycles. The number of rotatable bonds is 9. The van der Waals surface area contributed by atoms with Crippen LogP contribution in [-0.2, 0) is 38.0 Å². The predicted octanol–water partition coefficient (Wildman–Crippen LogP) is 7.74. The van der Waals surface area contributed by atoms with Gasteiger partial charge in [0.2, 0.25) is 0 Å². The van der Waals surface area contributed by atoms with Gasteiger partial charge in [0, 0.05) is 62.3 Å². The first-order valence-corrected chi connectivity index (χ1v) is 23.5. The van der Waals surface area contributed by atoms with E-state index in [9.17, 15) is 9.90 Å². The number of hydrogen-bond acceptors (Lipinski definition) is 10. The fourth-order valence-corrected chi connectivity index (χ4v) is 13.5. The van der Waals surface area contributed by atoms with Gasteiger partial charge in [-0.15, -0.1) is 0 Å². The van der Waals surface area contributed by atoms with Crippen LogP contribution in [-0.4, -0.2) is 101 Å². The molecular formula is C48H73NO10. The SMILES string of the molecule is C=C(C[C@]12C[C@@H](C)C[C@@H](O1)[C@@H]1C[C@]3(C[C@H]1O2)NC[C@H](C)C[C@@H]3C)[C@H]1OC([C@@H](O)C2C[C@H]3O[C@@]4(CC[C@]5(CC(C)=C[C@@H](/C=C/CCC(=O)O)O5)O4)[C@H](C)C[C@H]3O2)CC[C@@H]1C. The Morgan fingerprint density at radius 1 is 0.898 bits per heavy atom. The summed E-state index contributed by atoms with van der Waals surface area (Å²) >= 11 is 0. The molecule has 0 amide bonds. The zero-order chi connectivity index (χ0) is 41.5. The number of carbonyl (C=O) groups is 1. The van der Waals surface area contributed by atoms with E-state index in [2.05, 4.69) is 59.5 Å². The van der Waals surface area contributed by atoms with E-state index in [4.69, 9.17) is 38.3 Å². The lowest BCUT2D eigenvalue weighted by Gasteiger charge is -2.53. The summed E-state index contributed by atoms with van der Waals surface area (Å²) in [5, 5.41) is 25.0. The van der Waals surface area contributed by atoms with Crippen LogP contribution in [0.3, 0.4) is 0 Å². The molecule has 3 spiro atoms. The Balaban J connectivity index is 0.819. The van der Waals surface area contributed by atoms with E-state index in [0.717, 1.165) is 57.1 Å². The van der Waals surface area contributed by atoms with Crippen molar-refractivity contribution in [2.45, 2.75) is 216 Å². The Kier molecular flexibility index (Phi) is 11.7. The number of fused-ring (bicyclic) bond motifs is 5. The van der Waals surface area contributed by atoms with Crippen molar-refractivity contribution in [1.82, 2.24) is 5.32 Å². The number of piperidine rings is 1. The summed E-state index contributed by atoms with van der Waals surface area (Å²) in [4.78, 5) is 11.0. The summed E-state index contributed by atoms with van der Waals surface area (Å²) < 4.78 is 48.1. The second-order valence-corrected chi connectivity index (χ2v) is 21.3. The van der Waals surface area contributed by atoms with Gasteiger partial charge in [-0.05, 0) is 94.1 Å². The van der Waals surface area contributed by atoms with Crippen molar-refractivity contribution < 1.29 is 48.2 Å². The van der Waals surface area contributed by atoms with E-state index in [0.29, 0.717) is 62.2 Å². The molecular weight excluding hydrogens is 751 g/mol. The van der Waals surface area contributed by atoms with E-state index in [1.165, 1.54) is 12.0 Å². The van der Waals surface area contributed by atoms with E-state index in [-0.39, 0.29) is 66.5 Å². The summed E-state index contributed by atoms with van der Waals surface area (Å²) in [6.07, 6.45) is 15.6. The van der Waals surface area contributed by atoms with Crippen LogP contribution in [0.1, 0.15) is 138 Å². The molecule has 11 nitrogen and oxygen atoms in total. The first kappa shape index (κ1) is 42.6. The zero-order valence-electron chi connectivity index (χ0n) is 36.6. The van der Waals surface area contributed by atoms with Crippen LogP contribution in [0.2, 0.25) is 0 Å². The molecule has 2 bridgehead atoms. The molecule has 0 radical (unpaired) electrons. The van der Waals surface area contributed by atoms with Crippen LogP contribution >= 0.6 is 0 Å².